The van der Waals surface area contributed by atoms with E-state index in [9.17, 15) is 10.2 Å². The fourth-order valence-corrected chi connectivity index (χ4v) is 3.81. The minimum atomic E-state index is -0.140. The van der Waals surface area contributed by atoms with Crippen molar-refractivity contribution in [1.29, 1.82) is 0 Å². The maximum Gasteiger partial charge on any atom is 0.157 e. The Labute approximate surface area is 158 Å². The average Bonchev–Trinajstić information content (AvgIpc) is 3.08. The van der Waals surface area contributed by atoms with Gasteiger partial charge in [-0.3, -0.25) is 0 Å². The van der Waals surface area contributed by atoms with Crippen LogP contribution in [-0.4, -0.2) is 20.2 Å². The van der Waals surface area contributed by atoms with Crippen LogP contribution in [0.25, 0.3) is 20.7 Å². The molecule has 5 nitrogen and oxygen atoms in total. The first-order valence-electron chi connectivity index (χ1n) is 7.85. The molecule has 0 unspecified atom stereocenters. The molecule has 0 saturated carbocycles. The van der Waals surface area contributed by atoms with Crippen molar-refractivity contribution in [2.24, 2.45) is 0 Å². The zero-order chi connectivity index (χ0) is 18.1. The summed E-state index contributed by atoms with van der Waals surface area (Å²) in [5.41, 5.74) is 2.78. The van der Waals surface area contributed by atoms with E-state index in [0.717, 1.165) is 32.0 Å². The molecule has 0 spiro atoms. The molecule has 4 rings (SSSR count). The smallest absolute Gasteiger partial charge is 0.157 e. The van der Waals surface area contributed by atoms with Crippen LogP contribution in [-0.2, 0) is 6.54 Å². The molecule has 0 aliphatic heterocycles. The number of nitrogens with one attached hydrogen (secondary N) is 1. The van der Waals surface area contributed by atoms with Gasteiger partial charge in [0.2, 0.25) is 0 Å². The van der Waals surface area contributed by atoms with Gasteiger partial charge in [0.15, 0.2) is 11.5 Å². The van der Waals surface area contributed by atoms with Crippen molar-refractivity contribution in [2.45, 2.75) is 6.54 Å². The summed E-state index contributed by atoms with van der Waals surface area (Å²) in [4.78, 5) is 9.77. The van der Waals surface area contributed by atoms with Gasteiger partial charge in [-0.15, -0.1) is 11.3 Å². The summed E-state index contributed by atoms with van der Waals surface area (Å²) in [6.07, 6.45) is 1.53. The van der Waals surface area contributed by atoms with E-state index in [4.69, 9.17) is 11.6 Å². The van der Waals surface area contributed by atoms with E-state index in [0.29, 0.717) is 11.6 Å². The summed E-state index contributed by atoms with van der Waals surface area (Å²) >= 11 is 7.56. The summed E-state index contributed by atoms with van der Waals surface area (Å²) in [6.45, 7) is 0.466. The summed E-state index contributed by atoms with van der Waals surface area (Å²) in [6, 6.07) is 14.4. The number of thiophene rings is 1. The van der Waals surface area contributed by atoms with Gasteiger partial charge in [0.1, 0.15) is 12.1 Å². The van der Waals surface area contributed by atoms with Crippen LogP contribution in [0.2, 0.25) is 5.02 Å². The summed E-state index contributed by atoms with van der Waals surface area (Å²) in [7, 11) is 0. The first kappa shape index (κ1) is 16.6. The first-order valence-corrected chi connectivity index (χ1v) is 9.05. The molecular formula is C19H14ClN3O2S. The molecule has 4 aromatic rings. The van der Waals surface area contributed by atoms with Crippen LogP contribution < -0.4 is 5.32 Å². The number of hydrogen-bond acceptors (Lipinski definition) is 6. The Bertz CT molecular complexity index is 1080. The largest absolute Gasteiger partial charge is 0.504 e. The molecule has 7 heteroatoms. The molecule has 0 amide bonds. The predicted molar refractivity (Wildman–Crippen MR) is 105 cm³/mol. The average molecular weight is 384 g/mol. The standard InChI is InChI=1S/C19H14ClN3O2S/c20-13-4-2-12(3-5-13)17-8-14-18(26-17)19(23-10-22-14)21-9-11-1-6-15(24)16(25)7-11/h1-8,10,24-25H,9H2,(H,21,22,23). The Morgan fingerprint density at radius 1 is 0.962 bits per heavy atom. The van der Waals surface area contributed by atoms with E-state index in [1.807, 2.05) is 30.3 Å². The molecule has 0 bridgehead atoms. The maximum absolute atomic E-state index is 9.61. The number of phenols is 2. The predicted octanol–water partition coefficient (Wildman–Crippen LogP) is 5.04. The quantitative estimate of drug-likeness (QED) is 0.430. The second kappa shape index (κ2) is 6.82. The maximum atomic E-state index is 9.61. The number of halogens is 1. The van der Waals surface area contributed by atoms with E-state index >= 15 is 0 Å². The highest BCUT2D eigenvalue weighted by Crippen LogP contribution is 2.36. The Morgan fingerprint density at radius 3 is 2.54 bits per heavy atom. The first-order chi connectivity index (χ1) is 12.6. The molecule has 2 aromatic carbocycles. The van der Waals surface area contributed by atoms with Gasteiger partial charge in [-0.1, -0.05) is 29.8 Å². The molecule has 0 aliphatic carbocycles. The van der Waals surface area contributed by atoms with Gasteiger partial charge in [0.25, 0.3) is 0 Å². The Hall–Kier alpha value is -2.83. The number of aromatic nitrogens is 2. The molecule has 0 fully saturated rings. The SMILES string of the molecule is Oc1ccc(CNc2ncnc3cc(-c4ccc(Cl)cc4)sc23)cc1O. The van der Waals surface area contributed by atoms with Gasteiger partial charge in [0.05, 0.1) is 10.2 Å². The fraction of sp³-hybridized carbons (Fsp3) is 0.0526. The molecule has 0 aliphatic rings. The van der Waals surface area contributed by atoms with Crippen LogP contribution in [0.15, 0.2) is 54.9 Å². The van der Waals surface area contributed by atoms with Crippen molar-refractivity contribution in [3.05, 3.63) is 65.4 Å². The highest BCUT2D eigenvalue weighted by molar-refractivity contribution is 7.22. The molecule has 26 heavy (non-hydrogen) atoms. The highest BCUT2D eigenvalue weighted by atomic mass is 35.5. The van der Waals surface area contributed by atoms with Crippen LogP contribution in [0.4, 0.5) is 5.82 Å². The number of phenolic OH excluding ortho intramolecular Hbond substituents is 2. The monoisotopic (exact) mass is 383 g/mol. The number of rotatable bonds is 4. The number of benzene rings is 2. The van der Waals surface area contributed by atoms with Crippen molar-refractivity contribution in [1.82, 2.24) is 9.97 Å². The van der Waals surface area contributed by atoms with E-state index in [1.54, 1.807) is 17.4 Å². The lowest BCUT2D eigenvalue weighted by Gasteiger charge is -2.07. The Kier molecular flexibility index (Phi) is 4.36. The van der Waals surface area contributed by atoms with Crippen LogP contribution in [0.1, 0.15) is 5.56 Å². The van der Waals surface area contributed by atoms with Gasteiger partial charge >= 0.3 is 0 Å². The van der Waals surface area contributed by atoms with Crippen molar-refractivity contribution < 1.29 is 10.2 Å². The van der Waals surface area contributed by atoms with Gasteiger partial charge in [-0.2, -0.15) is 0 Å². The summed E-state index contributed by atoms with van der Waals surface area (Å²) in [5.74, 6) is 0.454. The minimum Gasteiger partial charge on any atom is -0.504 e. The van der Waals surface area contributed by atoms with Crippen LogP contribution >= 0.6 is 22.9 Å². The van der Waals surface area contributed by atoms with Gasteiger partial charge < -0.3 is 15.5 Å². The van der Waals surface area contributed by atoms with Gasteiger partial charge in [-0.25, -0.2) is 9.97 Å². The third kappa shape index (κ3) is 3.29. The summed E-state index contributed by atoms with van der Waals surface area (Å²) < 4.78 is 0.959. The second-order valence-electron chi connectivity index (χ2n) is 5.73. The van der Waals surface area contributed by atoms with Crippen LogP contribution in [0, 0.1) is 0 Å². The second-order valence-corrected chi connectivity index (χ2v) is 7.22. The van der Waals surface area contributed by atoms with E-state index in [1.165, 1.54) is 18.5 Å². The Morgan fingerprint density at radius 2 is 1.77 bits per heavy atom. The van der Waals surface area contributed by atoms with Crippen molar-refractivity contribution >= 4 is 39.0 Å². The zero-order valence-corrected chi connectivity index (χ0v) is 15.1. The lowest BCUT2D eigenvalue weighted by molar-refractivity contribution is 0.403. The lowest BCUT2D eigenvalue weighted by Crippen LogP contribution is -2.01. The van der Waals surface area contributed by atoms with E-state index in [-0.39, 0.29) is 11.5 Å². The molecule has 2 heterocycles. The molecule has 130 valence electrons. The number of anilines is 1. The van der Waals surface area contributed by atoms with Crippen LogP contribution in [0.3, 0.4) is 0 Å². The number of nitrogens with zero attached hydrogens (tertiary/aromatic N) is 2. The molecule has 0 radical (unpaired) electrons. The van der Waals surface area contributed by atoms with Crippen molar-refractivity contribution in [3.63, 3.8) is 0 Å². The van der Waals surface area contributed by atoms with Crippen LogP contribution in [0.5, 0.6) is 11.5 Å². The highest BCUT2D eigenvalue weighted by Gasteiger charge is 2.10. The molecule has 3 N–H and O–H groups in total. The molecule has 0 atom stereocenters. The van der Waals surface area contributed by atoms with E-state index < -0.39 is 0 Å². The summed E-state index contributed by atoms with van der Waals surface area (Å²) in [5, 5.41) is 23.0. The molecular weight excluding hydrogens is 370 g/mol. The van der Waals surface area contributed by atoms with Gasteiger partial charge in [-0.05, 0) is 41.5 Å². The normalized spacial score (nSPS) is 11.0. The lowest BCUT2D eigenvalue weighted by atomic mass is 10.2. The van der Waals surface area contributed by atoms with Gasteiger partial charge in [0, 0.05) is 16.4 Å². The van der Waals surface area contributed by atoms with Crippen molar-refractivity contribution in [2.75, 3.05) is 5.32 Å². The number of fused-ring (bicyclic) bond motifs is 1. The Balaban J connectivity index is 1.63. The molecule has 0 saturated heterocycles. The topological polar surface area (TPSA) is 78.3 Å². The third-order valence-corrected chi connectivity index (χ3v) is 5.37. The van der Waals surface area contributed by atoms with Crippen molar-refractivity contribution in [3.8, 4) is 21.9 Å². The third-order valence-electron chi connectivity index (χ3n) is 3.94. The zero-order valence-electron chi connectivity index (χ0n) is 13.5. The minimum absolute atomic E-state index is 0.135. The number of aromatic hydroxyl groups is 2. The fourth-order valence-electron chi connectivity index (χ4n) is 2.60. The number of hydrogen-bond donors (Lipinski definition) is 3. The van der Waals surface area contributed by atoms with E-state index in [2.05, 4.69) is 15.3 Å². The molecule has 2 aromatic heterocycles.